The Morgan fingerprint density at radius 1 is 1.17 bits per heavy atom. The molecule has 0 radical (unpaired) electrons. The minimum Gasteiger partial charge on any atom is -0.368 e. The van der Waals surface area contributed by atoms with Crippen LogP contribution < -0.4 is 22.1 Å². The summed E-state index contributed by atoms with van der Waals surface area (Å²) in [5, 5.41) is 13.2. The van der Waals surface area contributed by atoms with Gasteiger partial charge in [-0.05, 0) is 42.8 Å². The maximum atomic E-state index is 11.8. The van der Waals surface area contributed by atoms with E-state index in [0.717, 1.165) is 11.3 Å². The van der Waals surface area contributed by atoms with Crippen LogP contribution in [0.5, 0.6) is 0 Å². The van der Waals surface area contributed by atoms with E-state index in [4.69, 9.17) is 16.9 Å². The summed E-state index contributed by atoms with van der Waals surface area (Å²) >= 11 is 0. The van der Waals surface area contributed by atoms with Crippen LogP contribution in [0.25, 0.3) is 0 Å². The summed E-state index contributed by atoms with van der Waals surface area (Å²) in [5.41, 5.74) is 14.1. The Kier molecular flexibility index (Phi) is 5.28. The summed E-state index contributed by atoms with van der Waals surface area (Å²) in [7, 11) is 0. The normalized spacial score (nSPS) is 11.4. The highest BCUT2D eigenvalue weighted by atomic mass is 16.2. The average molecular weight is 325 g/mol. The van der Waals surface area contributed by atoms with Crippen LogP contribution in [0.2, 0.25) is 0 Å². The molecular formula is C17H19N5O2. The van der Waals surface area contributed by atoms with E-state index in [1.165, 1.54) is 6.21 Å². The second-order valence-electron chi connectivity index (χ2n) is 5.31. The van der Waals surface area contributed by atoms with Crippen molar-refractivity contribution in [2.24, 2.45) is 11.5 Å². The smallest absolute Gasteiger partial charge is 0.251 e. The fourth-order valence-electron chi connectivity index (χ4n) is 2.10. The Bertz CT molecular complexity index is 788. The molecule has 0 aliphatic carbocycles. The van der Waals surface area contributed by atoms with Gasteiger partial charge in [0.1, 0.15) is 0 Å². The van der Waals surface area contributed by atoms with E-state index in [1.807, 2.05) is 31.2 Å². The Labute approximate surface area is 139 Å². The molecule has 7 nitrogen and oxygen atoms in total. The number of benzene rings is 2. The van der Waals surface area contributed by atoms with Crippen molar-refractivity contribution < 1.29 is 9.59 Å². The van der Waals surface area contributed by atoms with Crippen molar-refractivity contribution in [2.45, 2.75) is 13.0 Å². The number of rotatable bonds is 6. The Hall–Kier alpha value is -3.19. The summed E-state index contributed by atoms with van der Waals surface area (Å²) in [5.74, 6) is -1.59. The molecule has 0 aliphatic heterocycles. The van der Waals surface area contributed by atoms with E-state index in [9.17, 15) is 9.59 Å². The van der Waals surface area contributed by atoms with Gasteiger partial charge in [0.15, 0.2) is 6.04 Å². The van der Waals surface area contributed by atoms with Gasteiger partial charge in [-0.1, -0.05) is 12.1 Å². The van der Waals surface area contributed by atoms with Gasteiger partial charge in [-0.2, -0.15) is 0 Å². The Balaban J connectivity index is 2.25. The zero-order chi connectivity index (χ0) is 17.7. The Morgan fingerprint density at radius 2 is 1.92 bits per heavy atom. The molecule has 0 spiro atoms. The molecule has 7 N–H and O–H groups in total. The summed E-state index contributed by atoms with van der Waals surface area (Å²) in [6.07, 6.45) is 1.21. The topological polar surface area (TPSA) is 134 Å². The number of aryl methyl sites for hydroxylation is 1. The van der Waals surface area contributed by atoms with Gasteiger partial charge in [0.2, 0.25) is 5.91 Å². The average Bonchev–Trinajstić information content (AvgIpc) is 2.54. The van der Waals surface area contributed by atoms with Crippen LogP contribution in [-0.4, -0.2) is 24.1 Å². The minimum absolute atomic E-state index is 0.442. The molecule has 2 aromatic carbocycles. The predicted molar refractivity (Wildman–Crippen MR) is 94.6 cm³/mol. The number of anilines is 3. The molecule has 0 saturated carbocycles. The van der Waals surface area contributed by atoms with Gasteiger partial charge in [0.05, 0.1) is 0 Å². The highest BCUT2D eigenvalue weighted by Gasteiger charge is 2.19. The van der Waals surface area contributed by atoms with Crippen LogP contribution in [0, 0.1) is 12.3 Å². The first kappa shape index (κ1) is 17.2. The lowest BCUT2D eigenvalue weighted by molar-refractivity contribution is -0.126. The molecule has 1 unspecified atom stereocenters. The molecule has 124 valence electrons. The molecule has 2 amide bonds. The highest BCUT2D eigenvalue weighted by molar-refractivity contribution is 6.09. The van der Waals surface area contributed by atoms with Crippen LogP contribution in [-0.2, 0) is 9.59 Å². The molecule has 0 bridgehead atoms. The fourth-order valence-corrected chi connectivity index (χ4v) is 2.10. The summed E-state index contributed by atoms with van der Waals surface area (Å²) in [6, 6.07) is 11.3. The molecule has 1 atom stereocenters. The van der Waals surface area contributed by atoms with Gasteiger partial charge >= 0.3 is 0 Å². The first-order valence-electron chi connectivity index (χ1n) is 7.24. The lowest BCUT2D eigenvalue weighted by atomic mass is 10.1. The lowest BCUT2D eigenvalue weighted by Crippen LogP contribution is -2.46. The van der Waals surface area contributed by atoms with Crippen LogP contribution in [0.4, 0.5) is 17.1 Å². The second kappa shape index (κ2) is 7.38. The molecule has 0 aromatic heterocycles. The van der Waals surface area contributed by atoms with Crippen molar-refractivity contribution >= 4 is 35.1 Å². The van der Waals surface area contributed by atoms with Crippen molar-refractivity contribution in [3.05, 3.63) is 53.6 Å². The largest absolute Gasteiger partial charge is 0.368 e. The number of carbonyl (C=O) groups is 2. The number of nitrogens with one attached hydrogen (secondary N) is 3. The summed E-state index contributed by atoms with van der Waals surface area (Å²) in [4.78, 5) is 22.8. The monoisotopic (exact) mass is 325 g/mol. The van der Waals surface area contributed by atoms with Crippen LogP contribution >= 0.6 is 0 Å². The van der Waals surface area contributed by atoms with Crippen LogP contribution in [0.1, 0.15) is 11.1 Å². The molecular weight excluding hydrogens is 306 g/mol. The van der Waals surface area contributed by atoms with Crippen molar-refractivity contribution in [3.8, 4) is 0 Å². The number of amides is 2. The van der Waals surface area contributed by atoms with E-state index in [1.54, 1.807) is 18.2 Å². The van der Waals surface area contributed by atoms with E-state index in [-0.39, 0.29) is 0 Å². The maximum Gasteiger partial charge on any atom is 0.251 e. The quantitative estimate of drug-likeness (QED) is 0.406. The van der Waals surface area contributed by atoms with Crippen molar-refractivity contribution in [2.75, 3.05) is 10.6 Å². The van der Waals surface area contributed by atoms with Crippen molar-refractivity contribution in [1.29, 1.82) is 5.41 Å². The van der Waals surface area contributed by atoms with Crippen molar-refractivity contribution in [3.63, 3.8) is 0 Å². The molecule has 0 saturated heterocycles. The second-order valence-corrected chi connectivity index (χ2v) is 5.31. The minimum atomic E-state index is -1.42. The zero-order valence-corrected chi connectivity index (χ0v) is 13.2. The third-order valence-electron chi connectivity index (χ3n) is 3.36. The molecule has 24 heavy (non-hydrogen) atoms. The standard InChI is InChI=1S/C17H19N5O2/c1-10-3-2-4-12(7-10)21-14-8-13(6-5-11(14)9-18)22-17(24)15(19)16(20)23/h2-9,15,18,21H,19H2,1H3,(H2,20,23)(H,22,24). The number of hydrogen-bond donors (Lipinski definition) is 5. The first-order valence-corrected chi connectivity index (χ1v) is 7.24. The molecule has 2 rings (SSSR count). The van der Waals surface area contributed by atoms with E-state index in [0.29, 0.717) is 16.9 Å². The van der Waals surface area contributed by atoms with Gasteiger partial charge < -0.3 is 27.5 Å². The maximum absolute atomic E-state index is 11.8. The number of carbonyl (C=O) groups excluding carboxylic acids is 2. The fraction of sp³-hybridized carbons (Fsp3) is 0.118. The third kappa shape index (κ3) is 4.17. The van der Waals surface area contributed by atoms with E-state index >= 15 is 0 Å². The molecule has 0 aliphatic rings. The lowest BCUT2D eigenvalue weighted by Gasteiger charge is -2.14. The number of hydrogen-bond acceptors (Lipinski definition) is 5. The number of primary amides is 1. The van der Waals surface area contributed by atoms with Gasteiger partial charge in [-0.25, -0.2) is 0 Å². The molecule has 0 heterocycles. The predicted octanol–water partition coefficient (Wildman–Crippen LogP) is 1.49. The van der Waals surface area contributed by atoms with Gasteiger partial charge in [0, 0.05) is 28.8 Å². The molecule has 7 heteroatoms. The summed E-state index contributed by atoms with van der Waals surface area (Å²) in [6.45, 7) is 1.98. The van der Waals surface area contributed by atoms with E-state index < -0.39 is 17.9 Å². The van der Waals surface area contributed by atoms with Crippen LogP contribution in [0.15, 0.2) is 42.5 Å². The SMILES string of the molecule is Cc1cccc(Nc2cc(NC(=O)C(N)C(N)=O)ccc2C=N)c1. The number of nitrogens with two attached hydrogens (primary N) is 2. The van der Waals surface area contributed by atoms with Crippen molar-refractivity contribution in [1.82, 2.24) is 0 Å². The highest BCUT2D eigenvalue weighted by Crippen LogP contribution is 2.24. The molecule has 0 fully saturated rings. The Morgan fingerprint density at radius 3 is 2.54 bits per heavy atom. The summed E-state index contributed by atoms with van der Waals surface area (Å²) < 4.78 is 0. The van der Waals surface area contributed by atoms with Crippen LogP contribution in [0.3, 0.4) is 0 Å². The van der Waals surface area contributed by atoms with E-state index in [2.05, 4.69) is 10.6 Å². The van der Waals surface area contributed by atoms with Gasteiger partial charge in [-0.3, -0.25) is 9.59 Å². The third-order valence-corrected chi connectivity index (χ3v) is 3.36. The molecule has 2 aromatic rings. The zero-order valence-electron chi connectivity index (χ0n) is 13.2. The van der Waals surface area contributed by atoms with Gasteiger partial charge in [0.25, 0.3) is 5.91 Å². The van der Waals surface area contributed by atoms with Gasteiger partial charge in [-0.15, -0.1) is 0 Å². The first-order chi connectivity index (χ1) is 11.4.